The van der Waals surface area contributed by atoms with E-state index in [1.165, 1.54) is 21.1 Å². The standard InChI is InChI=1S/C16H19BrINS/c1-2-8-19-16(6-3-12-7-9-20-11-12)14-10-13(17)4-5-15(14)18/h4-5,7,9-11,16,19H,2-3,6,8H2,1H3. The van der Waals surface area contributed by atoms with E-state index in [2.05, 4.69) is 85.8 Å². The second-order valence-corrected chi connectivity index (χ2v) is 7.70. The third-order valence-corrected chi connectivity index (χ3v) is 5.48. The fourth-order valence-corrected chi connectivity index (χ4v) is 4.01. The summed E-state index contributed by atoms with van der Waals surface area (Å²) in [6.45, 7) is 3.28. The molecule has 0 saturated heterocycles. The normalized spacial score (nSPS) is 12.6. The van der Waals surface area contributed by atoms with Gasteiger partial charge in [-0.3, -0.25) is 0 Å². The fraction of sp³-hybridized carbons (Fsp3) is 0.375. The zero-order chi connectivity index (χ0) is 14.4. The van der Waals surface area contributed by atoms with Crippen LogP contribution in [-0.2, 0) is 6.42 Å². The number of hydrogen-bond acceptors (Lipinski definition) is 2. The molecule has 1 nitrogen and oxygen atoms in total. The highest BCUT2D eigenvalue weighted by molar-refractivity contribution is 14.1. The Labute approximate surface area is 147 Å². The van der Waals surface area contributed by atoms with E-state index in [9.17, 15) is 0 Å². The number of aryl methyl sites for hydroxylation is 1. The lowest BCUT2D eigenvalue weighted by Gasteiger charge is -2.20. The highest BCUT2D eigenvalue weighted by Gasteiger charge is 2.14. The zero-order valence-electron chi connectivity index (χ0n) is 11.5. The van der Waals surface area contributed by atoms with Gasteiger partial charge >= 0.3 is 0 Å². The molecule has 0 saturated carbocycles. The van der Waals surface area contributed by atoms with Gasteiger partial charge in [-0.25, -0.2) is 0 Å². The lowest BCUT2D eigenvalue weighted by Crippen LogP contribution is -2.23. The van der Waals surface area contributed by atoms with Crippen molar-refractivity contribution in [2.75, 3.05) is 6.54 Å². The molecular weight excluding hydrogens is 445 g/mol. The predicted molar refractivity (Wildman–Crippen MR) is 101 cm³/mol. The summed E-state index contributed by atoms with van der Waals surface area (Å²) in [5.74, 6) is 0. The lowest BCUT2D eigenvalue weighted by atomic mass is 10.00. The van der Waals surface area contributed by atoms with Crippen LogP contribution >= 0.6 is 49.9 Å². The second kappa shape index (κ2) is 8.51. The smallest absolute Gasteiger partial charge is 0.0334 e. The van der Waals surface area contributed by atoms with Crippen LogP contribution in [0.4, 0.5) is 0 Å². The summed E-state index contributed by atoms with van der Waals surface area (Å²) in [6.07, 6.45) is 3.44. The third kappa shape index (κ3) is 4.83. The van der Waals surface area contributed by atoms with Gasteiger partial charge in [0.05, 0.1) is 0 Å². The van der Waals surface area contributed by atoms with E-state index in [1.807, 2.05) is 0 Å². The molecule has 2 rings (SSSR count). The largest absolute Gasteiger partial charge is 0.310 e. The summed E-state index contributed by atoms with van der Waals surface area (Å²) in [7, 11) is 0. The number of rotatable bonds is 7. The minimum Gasteiger partial charge on any atom is -0.310 e. The van der Waals surface area contributed by atoms with E-state index in [1.54, 1.807) is 11.3 Å². The molecule has 108 valence electrons. The van der Waals surface area contributed by atoms with E-state index < -0.39 is 0 Å². The molecule has 0 spiro atoms. The van der Waals surface area contributed by atoms with Gasteiger partial charge in [0.1, 0.15) is 0 Å². The van der Waals surface area contributed by atoms with Crippen LogP contribution in [0.1, 0.15) is 36.9 Å². The Morgan fingerprint density at radius 2 is 2.20 bits per heavy atom. The Morgan fingerprint density at radius 3 is 2.90 bits per heavy atom. The van der Waals surface area contributed by atoms with Crippen LogP contribution in [0.25, 0.3) is 0 Å². The van der Waals surface area contributed by atoms with Crippen LogP contribution in [0.3, 0.4) is 0 Å². The lowest BCUT2D eigenvalue weighted by molar-refractivity contribution is 0.497. The van der Waals surface area contributed by atoms with Gasteiger partial charge in [-0.05, 0) is 94.6 Å². The van der Waals surface area contributed by atoms with Gasteiger partial charge in [-0.2, -0.15) is 11.3 Å². The summed E-state index contributed by atoms with van der Waals surface area (Å²) in [6, 6.07) is 9.21. The molecule has 1 atom stereocenters. The van der Waals surface area contributed by atoms with E-state index in [0.29, 0.717) is 6.04 Å². The molecule has 1 aromatic heterocycles. The van der Waals surface area contributed by atoms with Gasteiger partial charge < -0.3 is 5.32 Å². The maximum absolute atomic E-state index is 3.69. The first kappa shape index (κ1) is 16.5. The molecular formula is C16H19BrINS. The molecule has 0 aliphatic heterocycles. The number of benzene rings is 1. The molecule has 0 aliphatic carbocycles. The topological polar surface area (TPSA) is 12.0 Å². The number of thiophene rings is 1. The van der Waals surface area contributed by atoms with Crippen LogP contribution in [0.15, 0.2) is 39.5 Å². The van der Waals surface area contributed by atoms with Gasteiger partial charge in [0.15, 0.2) is 0 Å². The molecule has 0 radical (unpaired) electrons. The molecule has 4 heteroatoms. The quantitative estimate of drug-likeness (QED) is 0.512. The molecule has 1 N–H and O–H groups in total. The van der Waals surface area contributed by atoms with Gasteiger partial charge in [0.2, 0.25) is 0 Å². The van der Waals surface area contributed by atoms with Crippen molar-refractivity contribution < 1.29 is 0 Å². The SMILES string of the molecule is CCCNC(CCc1ccsc1)c1cc(Br)ccc1I. The van der Waals surface area contributed by atoms with Crippen LogP contribution in [-0.4, -0.2) is 6.54 Å². The average Bonchev–Trinajstić information content (AvgIpc) is 2.95. The Morgan fingerprint density at radius 1 is 1.35 bits per heavy atom. The van der Waals surface area contributed by atoms with Crippen molar-refractivity contribution in [2.45, 2.75) is 32.2 Å². The van der Waals surface area contributed by atoms with Crippen LogP contribution in [0.5, 0.6) is 0 Å². The van der Waals surface area contributed by atoms with Crippen molar-refractivity contribution >= 4 is 49.9 Å². The van der Waals surface area contributed by atoms with E-state index >= 15 is 0 Å². The second-order valence-electron chi connectivity index (χ2n) is 4.84. The van der Waals surface area contributed by atoms with Crippen molar-refractivity contribution in [3.63, 3.8) is 0 Å². The number of hydrogen-bond donors (Lipinski definition) is 1. The molecule has 20 heavy (non-hydrogen) atoms. The van der Waals surface area contributed by atoms with Gasteiger partial charge in [0, 0.05) is 14.1 Å². The number of nitrogens with one attached hydrogen (secondary N) is 1. The van der Waals surface area contributed by atoms with Crippen LogP contribution in [0, 0.1) is 3.57 Å². The molecule has 0 bridgehead atoms. The van der Waals surface area contributed by atoms with E-state index in [-0.39, 0.29) is 0 Å². The summed E-state index contributed by atoms with van der Waals surface area (Å²) in [4.78, 5) is 0. The first-order valence-electron chi connectivity index (χ1n) is 6.90. The predicted octanol–water partition coefficient (Wildman–Crippen LogP) is 5.79. The number of halogens is 2. The maximum Gasteiger partial charge on any atom is 0.0334 e. The fourth-order valence-electron chi connectivity index (χ4n) is 2.21. The Bertz CT molecular complexity index is 527. The molecule has 2 aromatic rings. The molecule has 0 amide bonds. The third-order valence-electron chi connectivity index (χ3n) is 3.28. The first-order valence-corrected chi connectivity index (χ1v) is 9.71. The average molecular weight is 464 g/mol. The molecule has 1 aromatic carbocycles. The molecule has 0 fully saturated rings. The van der Waals surface area contributed by atoms with Gasteiger partial charge in [0.25, 0.3) is 0 Å². The Kier molecular flexibility index (Phi) is 7.01. The first-order chi connectivity index (χ1) is 9.70. The van der Waals surface area contributed by atoms with Gasteiger partial charge in [-0.15, -0.1) is 0 Å². The summed E-state index contributed by atoms with van der Waals surface area (Å²) in [5.41, 5.74) is 2.85. The van der Waals surface area contributed by atoms with Crippen molar-refractivity contribution in [2.24, 2.45) is 0 Å². The van der Waals surface area contributed by atoms with Crippen LogP contribution < -0.4 is 5.32 Å². The highest BCUT2D eigenvalue weighted by Crippen LogP contribution is 2.27. The van der Waals surface area contributed by atoms with Crippen molar-refractivity contribution in [3.8, 4) is 0 Å². The zero-order valence-corrected chi connectivity index (χ0v) is 16.1. The minimum atomic E-state index is 0.430. The van der Waals surface area contributed by atoms with Crippen molar-refractivity contribution in [1.82, 2.24) is 5.32 Å². The van der Waals surface area contributed by atoms with Crippen molar-refractivity contribution in [3.05, 3.63) is 54.2 Å². The Hall–Kier alpha value is 0.0900. The molecule has 1 heterocycles. The summed E-state index contributed by atoms with van der Waals surface area (Å²) in [5, 5.41) is 8.11. The molecule has 0 aliphatic rings. The monoisotopic (exact) mass is 463 g/mol. The van der Waals surface area contributed by atoms with Gasteiger partial charge in [-0.1, -0.05) is 22.9 Å². The molecule has 1 unspecified atom stereocenters. The Balaban J connectivity index is 2.11. The summed E-state index contributed by atoms with van der Waals surface area (Å²) < 4.78 is 2.50. The van der Waals surface area contributed by atoms with E-state index in [0.717, 1.165) is 23.9 Å². The van der Waals surface area contributed by atoms with E-state index in [4.69, 9.17) is 0 Å². The van der Waals surface area contributed by atoms with Crippen LogP contribution in [0.2, 0.25) is 0 Å². The summed E-state index contributed by atoms with van der Waals surface area (Å²) >= 11 is 7.81. The maximum atomic E-state index is 3.69. The minimum absolute atomic E-state index is 0.430. The highest BCUT2D eigenvalue weighted by atomic mass is 127. The van der Waals surface area contributed by atoms with Crippen molar-refractivity contribution in [1.29, 1.82) is 0 Å².